The van der Waals surface area contributed by atoms with Gasteiger partial charge in [0.05, 0.1) is 18.4 Å². The molecule has 0 radical (unpaired) electrons. The molecule has 8 heteroatoms. The van der Waals surface area contributed by atoms with Crippen LogP contribution in [0, 0.1) is 0 Å². The largest absolute Gasteiger partial charge is 0.472 e. The molecular weight excluding hydrogens is 325 g/mol. The SMILES string of the molecule is FC(F)(F)c1ccc(COc2ncncc2C2OC=CCO2)cc1. The van der Waals surface area contributed by atoms with Crippen molar-refractivity contribution in [1.82, 2.24) is 9.97 Å². The molecule has 0 saturated heterocycles. The van der Waals surface area contributed by atoms with E-state index in [0.717, 1.165) is 12.1 Å². The standard InChI is InChI=1S/C16H13F3N2O3/c17-16(18,19)12-4-2-11(3-5-12)9-24-14-13(8-20-10-21-14)15-22-6-1-7-23-15/h1-6,8,10,15H,7,9H2. The zero-order valence-electron chi connectivity index (χ0n) is 12.4. The number of rotatable bonds is 4. The first-order valence-electron chi connectivity index (χ1n) is 7.05. The molecule has 0 bridgehead atoms. The molecule has 126 valence electrons. The van der Waals surface area contributed by atoms with E-state index in [0.29, 0.717) is 17.7 Å². The monoisotopic (exact) mass is 338 g/mol. The van der Waals surface area contributed by atoms with Gasteiger partial charge >= 0.3 is 6.18 Å². The van der Waals surface area contributed by atoms with Crippen molar-refractivity contribution in [2.45, 2.75) is 19.1 Å². The van der Waals surface area contributed by atoms with Gasteiger partial charge in [0, 0.05) is 6.20 Å². The molecule has 0 fully saturated rings. The number of nitrogens with zero attached hydrogens (tertiary/aromatic N) is 2. The van der Waals surface area contributed by atoms with Crippen LogP contribution in [0.4, 0.5) is 13.2 Å². The summed E-state index contributed by atoms with van der Waals surface area (Å²) in [5.74, 6) is 0.255. The molecule has 24 heavy (non-hydrogen) atoms. The van der Waals surface area contributed by atoms with Crippen molar-refractivity contribution in [3.8, 4) is 5.88 Å². The van der Waals surface area contributed by atoms with E-state index in [9.17, 15) is 13.2 Å². The molecule has 1 aliphatic heterocycles. The van der Waals surface area contributed by atoms with E-state index >= 15 is 0 Å². The van der Waals surface area contributed by atoms with Gasteiger partial charge in [0.2, 0.25) is 12.2 Å². The van der Waals surface area contributed by atoms with Crippen molar-refractivity contribution < 1.29 is 27.4 Å². The Kier molecular flexibility index (Phi) is 4.66. The van der Waals surface area contributed by atoms with Crippen LogP contribution in [-0.2, 0) is 22.3 Å². The van der Waals surface area contributed by atoms with E-state index in [1.165, 1.54) is 30.9 Å². The Balaban J connectivity index is 1.69. The Bertz CT molecular complexity index is 717. The van der Waals surface area contributed by atoms with Crippen LogP contribution in [0.3, 0.4) is 0 Å². The molecule has 1 unspecified atom stereocenters. The van der Waals surface area contributed by atoms with Gasteiger partial charge in [0.25, 0.3) is 0 Å². The predicted molar refractivity (Wildman–Crippen MR) is 76.7 cm³/mol. The molecule has 1 atom stereocenters. The minimum atomic E-state index is -4.36. The van der Waals surface area contributed by atoms with E-state index in [1.807, 2.05) is 0 Å². The fourth-order valence-corrected chi connectivity index (χ4v) is 2.06. The average Bonchev–Trinajstić information content (AvgIpc) is 2.60. The zero-order valence-corrected chi connectivity index (χ0v) is 12.4. The molecule has 5 nitrogen and oxygen atoms in total. The lowest BCUT2D eigenvalue weighted by Crippen LogP contribution is -2.13. The Morgan fingerprint density at radius 2 is 2.00 bits per heavy atom. The number of ether oxygens (including phenoxy) is 3. The minimum absolute atomic E-state index is 0.0602. The van der Waals surface area contributed by atoms with Gasteiger partial charge in [-0.15, -0.1) is 0 Å². The minimum Gasteiger partial charge on any atom is -0.472 e. The normalized spacial score (nSPS) is 17.4. The third-order valence-electron chi connectivity index (χ3n) is 3.26. The lowest BCUT2D eigenvalue weighted by atomic mass is 10.1. The lowest BCUT2D eigenvalue weighted by Gasteiger charge is -2.21. The molecule has 2 heterocycles. The Morgan fingerprint density at radius 1 is 1.21 bits per heavy atom. The highest BCUT2D eigenvalue weighted by atomic mass is 19.4. The fourth-order valence-electron chi connectivity index (χ4n) is 2.06. The summed E-state index contributed by atoms with van der Waals surface area (Å²) < 4.78 is 54.0. The van der Waals surface area contributed by atoms with Crippen LogP contribution < -0.4 is 4.74 Å². The maximum atomic E-state index is 12.5. The molecule has 1 aromatic heterocycles. The van der Waals surface area contributed by atoms with E-state index < -0.39 is 18.0 Å². The molecule has 3 rings (SSSR count). The zero-order chi connectivity index (χ0) is 17.0. The van der Waals surface area contributed by atoms with Gasteiger partial charge in [0.15, 0.2) is 0 Å². The van der Waals surface area contributed by atoms with Crippen LogP contribution in [-0.4, -0.2) is 16.6 Å². The maximum Gasteiger partial charge on any atom is 0.416 e. The Hall–Kier alpha value is -2.61. The molecule has 0 aliphatic carbocycles. The first-order valence-corrected chi connectivity index (χ1v) is 7.05. The summed E-state index contributed by atoms with van der Waals surface area (Å²) in [6.45, 7) is 0.447. The Morgan fingerprint density at radius 3 is 2.67 bits per heavy atom. The van der Waals surface area contributed by atoms with Crippen molar-refractivity contribution >= 4 is 0 Å². The first kappa shape index (κ1) is 16.3. The average molecular weight is 338 g/mol. The quantitative estimate of drug-likeness (QED) is 0.852. The highest BCUT2D eigenvalue weighted by Gasteiger charge is 2.30. The molecule has 1 aliphatic rings. The van der Waals surface area contributed by atoms with Crippen molar-refractivity contribution in [3.63, 3.8) is 0 Å². The number of aromatic nitrogens is 2. The van der Waals surface area contributed by atoms with Crippen LogP contribution in [0.25, 0.3) is 0 Å². The van der Waals surface area contributed by atoms with Gasteiger partial charge in [-0.1, -0.05) is 12.1 Å². The van der Waals surface area contributed by atoms with E-state index in [-0.39, 0.29) is 12.5 Å². The topological polar surface area (TPSA) is 53.5 Å². The van der Waals surface area contributed by atoms with Crippen LogP contribution in [0.5, 0.6) is 5.88 Å². The van der Waals surface area contributed by atoms with Crippen LogP contribution >= 0.6 is 0 Å². The van der Waals surface area contributed by atoms with Crippen molar-refractivity contribution in [3.05, 3.63) is 65.8 Å². The number of hydrogen-bond acceptors (Lipinski definition) is 5. The third-order valence-corrected chi connectivity index (χ3v) is 3.26. The second-order valence-corrected chi connectivity index (χ2v) is 4.94. The van der Waals surface area contributed by atoms with Crippen molar-refractivity contribution in [1.29, 1.82) is 0 Å². The molecular formula is C16H13F3N2O3. The summed E-state index contributed by atoms with van der Waals surface area (Å²) in [6.07, 6.45) is 1.01. The summed E-state index contributed by atoms with van der Waals surface area (Å²) in [7, 11) is 0. The van der Waals surface area contributed by atoms with E-state index in [2.05, 4.69) is 9.97 Å². The summed E-state index contributed by atoms with van der Waals surface area (Å²) in [6, 6.07) is 4.75. The van der Waals surface area contributed by atoms with Gasteiger partial charge < -0.3 is 14.2 Å². The summed E-state index contributed by atoms with van der Waals surface area (Å²) in [5, 5.41) is 0. The molecule has 0 amide bonds. The lowest BCUT2D eigenvalue weighted by molar-refractivity contribution is -0.137. The van der Waals surface area contributed by atoms with Gasteiger partial charge in [-0.2, -0.15) is 13.2 Å². The number of benzene rings is 1. The molecule has 0 spiro atoms. The number of alkyl halides is 3. The highest BCUT2D eigenvalue weighted by molar-refractivity contribution is 5.27. The van der Waals surface area contributed by atoms with Gasteiger partial charge in [-0.05, 0) is 23.8 Å². The van der Waals surface area contributed by atoms with E-state index in [4.69, 9.17) is 14.2 Å². The third kappa shape index (κ3) is 3.83. The molecule has 0 N–H and O–H groups in total. The second-order valence-electron chi connectivity index (χ2n) is 4.94. The smallest absolute Gasteiger partial charge is 0.416 e. The maximum absolute atomic E-state index is 12.5. The number of halogens is 3. The fraction of sp³-hybridized carbons (Fsp3) is 0.250. The van der Waals surface area contributed by atoms with Crippen molar-refractivity contribution in [2.75, 3.05) is 6.61 Å². The summed E-state index contributed by atoms with van der Waals surface area (Å²) in [5.41, 5.74) is 0.386. The van der Waals surface area contributed by atoms with Gasteiger partial charge in [-0.3, -0.25) is 0 Å². The predicted octanol–water partition coefficient (Wildman–Crippen LogP) is 3.63. The highest BCUT2D eigenvalue weighted by Crippen LogP contribution is 2.30. The van der Waals surface area contributed by atoms with E-state index in [1.54, 1.807) is 6.08 Å². The van der Waals surface area contributed by atoms with Crippen LogP contribution in [0.15, 0.2) is 49.1 Å². The Labute approximate surface area is 135 Å². The van der Waals surface area contributed by atoms with Crippen LogP contribution in [0.1, 0.15) is 23.0 Å². The first-order chi connectivity index (χ1) is 11.5. The molecule has 2 aromatic rings. The van der Waals surface area contributed by atoms with Gasteiger partial charge in [-0.25, -0.2) is 9.97 Å². The van der Waals surface area contributed by atoms with Crippen LogP contribution in [0.2, 0.25) is 0 Å². The van der Waals surface area contributed by atoms with Gasteiger partial charge in [0.1, 0.15) is 18.5 Å². The summed E-state index contributed by atoms with van der Waals surface area (Å²) >= 11 is 0. The summed E-state index contributed by atoms with van der Waals surface area (Å²) in [4.78, 5) is 7.94. The molecule has 0 saturated carbocycles. The molecule has 1 aromatic carbocycles. The van der Waals surface area contributed by atoms with Crippen molar-refractivity contribution in [2.24, 2.45) is 0 Å². The second kappa shape index (κ2) is 6.88. The number of hydrogen-bond donors (Lipinski definition) is 0.